The maximum Gasteiger partial charge on any atom is 0 e. The molecular weight excluding hydrogens is 709 g/mol. The zero-order valence-electron chi connectivity index (χ0n) is 30.1. The quantitative estimate of drug-likeness (QED) is 0.326. The molecule has 0 spiro atoms. The zero-order chi connectivity index (χ0) is 42.3. The minimum absolute atomic E-state index is 1.69. The Bertz CT molecular complexity index is 3720. The molecule has 0 aromatic carbocycles. The normalized spacial score (nSPS) is 3.93. The van der Waals surface area contributed by atoms with Crippen LogP contribution in [0.1, 0.15) is 6.92 Å². The summed E-state index contributed by atoms with van der Waals surface area (Å²) in [5, 5.41) is 0. The van der Waals surface area contributed by atoms with Crippen LogP contribution in [0.4, 0.5) is 0 Å². The number of hydrogen-bond donors (Lipinski definition) is 0. The number of hydrogen-bond acceptors (Lipinski definition) is 0. The van der Waals surface area contributed by atoms with Gasteiger partial charge >= 0.3 is 0 Å². The summed E-state index contributed by atoms with van der Waals surface area (Å²) in [6.45, 7) is 1.69. The summed E-state index contributed by atoms with van der Waals surface area (Å²) in [7, 11) is 0. The van der Waals surface area contributed by atoms with Gasteiger partial charge in [0.1, 0.15) is 0 Å². The van der Waals surface area contributed by atoms with Gasteiger partial charge < -0.3 is 0 Å². The van der Waals surface area contributed by atoms with E-state index in [4.69, 9.17) is 6.42 Å². The van der Waals surface area contributed by atoms with Crippen LogP contribution >= 0.6 is 0 Å². The molecule has 0 nitrogen and oxygen atoms in total. The molecule has 0 fully saturated rings. The fourth-order valence-corrected chi connectivity index (χ4v) is 1.75. The van der Waals surface area contributed by atoms with Crippen molar-refractivity contribution in [2.24, 2.45) is 0 Å². The van der Waals surface area contributed by atoms with E-state index in [1.54, 1.807) is 6.92 Å². The first kappa shape index (κ1) is 46.2. The van der Waals surface area contributed by atoms with Crippen LogP contribution in [0.25, 0.3) is 0 Å². The van der Waals surface area contributed by atoms with Crippen molar-refractivity contribution in [1.82, 2.24) is 0 Å². The topological polar surface area (TPSA) is 0 Å². The predicted octanol–water partition coefficient (Wildman–Crippen LogP) is 0.735. The van der Waals surface area contributed by atoms with Crippen LogP contribution in [0.15, 0.2) is 0 Å². The van der Waals surface area contributed by atoms with Crippen LogP contribution in [0.5, 0.6) is 0 Å². The summed E-state index contributed by atoms with van der Waals surface area (Å²) in [6, 6.07) is 0. The highest BCUT2D eigenvalue weighted by Crippen LogP contribution is 1.63. The molecule has 0 aromatic rings. The zero-order valence-corrected chi connectivity index (χ0v) is 30.1. The molecule has 0 aliphatic heterocycles. The first-order chi connectivity index (χ1) is 29.4. The lowest BCUT2D eigenvalue weighted by Crippen LogP contribution is -1.57. The lowest BCUT2D eigenvalue weighted by atomic mass is 10.4. The summed E-state index contributed by atoms with van der Waals surface area (Å²) in [4.78, 5) is 0. The van der Waals surface area contributed by atoms with Gasteiger partial charge in [0, 0.05) is 237 Å². The van der Waals surface area contributed by atoms with Crippen molar-refractivity contribution < 1.29 is 0 Å². The van der Waals surface area contributed by atoms with Gasteiger partial charge in [0.2, 0.25) is 0 Å². The lowest BCUT2D eigenvalue weighted by Gasteiger charge is -1.57. The minimum Gasteiger partial charge on any atom is -0.106 e. The smallest absolute Gasteiger partial charge is 0 e. The average Bonchev–Trinajstić information content (AvgIpc) is 3.25. The van der Waals surface area contributed by atoms with E-state index in [0.717, 1.165) is 0 Å². The van der Waals surface area contributed by atoms with E-state index in [-0.39, 0.29) is 0 Å². The van der Waals surface area contributed by atoms with E-state index in [1.807, 2.05) is 0 Å². The van der Waals surface area contributed by atoms with Crippen LogP contribution < -0.4 is 0 Å². The third kappa shape index (κ3) is 45.2. The Balaban J connectivity index is 4.58. The predicted molar refractivity (Wildman–Crippen MR) is 232 cm³/mol. The fourth-order valence-electron chi connectivity index (χ4n) is 1.75. The molecule has 0 radical (unpaired) electrons. The van der Waals surface area contributed by atoms with Crippen molar-refractivity contribution in [2.75, 3.05) is 0 Å². The second kappa shape index (κ2) is 45.2. The van der Waals surface area contributed by atoms with E-state index in [2.05, 4.69) is 337 Å². The maximum absolute atomic E-state index is 4.94. The third-order valence-corrected chi connectivity index (χ3v) is 3.57. The first-order valence-electron chi connectivity index (χ1n) is 14.8. The second-order valence-corrected chi connectivity index (χ2v) is 7.27. The van der Waals surface area contributed by atoms with Crippen LogP contribution in [0.2, 0.25) is 0 Å². The third-order valence-electron chi connectivity index (χ3n) is 3.57. The van der Waals surface area contributed by atoms with Crippen LogP contribution in [0, 0.1) is 344 Å². The Morgan fingerprint density at radius 1 is 0.136 bits per heavy atom. The Morgan fingerprint density at radius 2 is 0.220 bits per heavy atom. The Morgan fingerprint density at radius 3 is 0.305 bits per heavy atom. The molecule has 0 aromatic heterocycles. The molecule has 0 rings (SSSR count). The van der Waals surface area contributed by atoms with Gasteiger partial charge in [-0.2, -0.15) is 0 Å². The van der Waals surface area contributed by atoms with Crippen molar-refractivity contribution in [1.29, 1.82) is 0 Å². The molecule has 0 saturated carbocycles. The molecule has 0 N–H and O–H groups in total. The van der Waals surface area contributed by atoms with Gasteiger partial charge in [-0.15, -0.1) is 6.42 Å². The highest BCUT2D eigenvalue weighted by Gasteiger charge is 1.63. The van der Waals surface area contributed by atoms with E-state index < -0.39 is 0 Å². The van der Waals surface area contributed by atoms with Gasteiger partial charge in [0.05, 0.1) is 0 Å². The number of rotatable bonds is 0. The summed E-state index contributed by atoms with van der Waals surface area (Å²) in [5.41, 5.74) is 0. The molecule has 0 bridgehead atoms. The van der Waals surface area contributed by atoms with Crippen molar-refractivity contribution in [3.63, 3.8) is 0 Å². The Hall–Kier alpha value is -12.8. The molecule has 0 amide bonds. The van der Waals surface area contributed by atoms with E-state index in [0.29, 0.717) is 0 Å². The number of terminal acetylenes is 1. The van der Waals surface area contributed by atoms with Gasteiger partial charge in [-0.05, 0) is 102 Å². The fraction of sp³-hybridized carbons (Fsp3) is 0.0169. The molecule has 0 heterocycles. The molecule has 0 atom stereocenters. The molecule has 0 saturated heterocycles. The van der Waals surface area contributed by atoms with E-state index in [1.165, 1.54) is 0 Å². The van der Waals surface area contributed by atoms with Gasteiger partial charge in [-0.3, -0.25) is 0 Å². The van der Waals surface area contributed by atoms with Crippen molar-refractivity contribution in [2.45, 2.75) is 6.92 Å². The van der Waals surface area contributed by atoms with Gasteiger partial charge in [-0.1, -0.05) is 5.92 Å². The van der Waals surface area contributed by atoms with Gasteiger partial charge in [-0.25, -0.2) is 0 Å². The minimum atomic E-state index is 1.69. The molecule has 59 heavy (non-hydrogen) atoms. The molecule has 0 heteroatoms. The summed E-state index contributed by atoms with van der Waals surface area (Å²) < 4.78 is 0. The molecule has 0 aliphatic carbocycles. The van der Waals surface area contributed by atoms with Crippen LogP contribution in [-0.2, 0) is 0 Å². The summed E-state index contributed by atoms with van der Waals surface area (Å²) in [5.74, 6) is 142. The summed E-state index contributed by atoms with van der Waals surface area (Å²) >= 11 is 0. The summed E-state index contributed by atoms with van der Waals surface area (Å²) in [6.07, 6.45) is 4.94. The van der Waals surface area contributed by atoms with Crippen molar-refractivity contribution in [3.05, 3.63) is 0 Å². The maximum atomic E-state index is 4.94. The largest absolute Gasteiger partial charge is 0.106 e. The van der Waals surface area contributed by atoms with Gasteiger partial charge in [0.15, 0.2) is 0 Å². The molecule has 0 aliphatic rings. The average molecular weight is 713 g/mol. The highest BCUT2D eigenvalue weighted by molar-refractivity contribution is 5.51. The lowest BCUT2D eigenvalue weighted by molar-refractivity contribution is 1.92. The Kier molecular flexibility index (Phi) is 35.5. The Labute approximate surface area is 349 Å². The highest BCUT2D eigenvalue weighted by atomic mass is 13.6. The van der Waals surface area contributed by atoms with Gasteiger partial charge in [0.25, 0.3) is 0 Å². The molecule has 240 valence electrons. The standard InChI is InChI=1S/C59H4/c1-3-5-7-9-11-13-15-17-19-21-23-25-27-29-31-33-35-37-39-41-43-45-47-49-51-53-55-57-59-58-56-54-52-50-48-46-44-42-40-38-36-34-32-30-28-26-24-22-20-18-16-14-12-10-8-6-4-2/h1H,2H3. The van der Waals surface area contributed by atoms with E-state index >= 15 is 0 Å². The monoisotopic (exact) mass is 712 g/mol. The van der Waals surface area contributed by atoms with Crippen LogP contribution in [0.3, 0.4) is 0 Å². The van der Waals surface area contributed by atoms with Crippen molar-refractivity contribution >= 4 is 0 Å². The SMILES string of the molecule is C#CC#CC#CC#CC#CC#CC#CC#CC#CC#CC#CC#CC#CC#CC#CC#CC#CC#CC#CC#CC#CC#CC#CC#CC#CC#CC#CC#CC#CC. The van der Waals surface area contributed by atoms with E-state index in [9.17, 15) is 0 Å². The molecule has 0 unspecified atom stereocenters. The van der Waals surface area contributed by atoms with Crippen molar-refractivity contribution in [3.8, 4) is 344 Å². The second-order valence-electron chi connectivity index (χ2n) is 7.27. The first-order valence-corrected chi connectivity index (χ1v) is 14.8. The van der Waals surface area contributed by atoms with Crippen LogP contribution in [-0.4, -0.2) is 0 Å². The molecular formula is C59H4.